The van der Waals surface area contributed by atoms with E-state index in [4.69, 9.17) is 10.2 Å². The first kappa shape index (κ1) is 22.9. The lowest BCUT2D eigenvalue weighted by molar-refractivity contribution is 0.0763. The topological polar surface area (TPSA) is 78.0 Å². The van der Waals surface area contributed by atoms with Crippen molar-refractivity contribution in [3.63, 3.8) is 0 Å². The number of rotatable bonds is 5. The molecular formula is C26H32N6O. The van der Waals surface area contributed by atoms with Crippen LogP contribution in [0.1, 0.15) is 73.3 Å². The average molecular weight is 445 g/mol. The number of carbonyl (C=O) groups is 1. The summed E-state index contributed by atoms with van der Waals surface area (Å²) in [6, 6.07) is 12.1. The molecular weight excluding hydrogens is 412 g/mol. The van der Waals surface area contributed by atoms with Crippen LogP contribution in [0.25, 0.3) is 11.0 Å². The van der Waals surface area contributed by atoms with Crippen molar-refractivity contribution in [2.24, 2.45) is 0 Å². The number of fused-ring (bicyclic) bond motifs is 1. The summed E-state index contributed by atoms with van der Waals surface area (Å²) in [6.45, 7) is 12.4. The number of benzene rings is 1. The van der Waals surface area contributed by atoms with E-state index in [0.717, 1.165) is 49.3 Å². The van der Waals surface area contributed by atoms with Crippen LogP contribution in [0.4, 0.5) is 0 Å². The van der Waals surface area contributed by atoms with Crippen molar-refractivity contribution in [2.75, 3.05) is 26.2 Å². The molecule has 1 fully saturated rings. The summed E-state index contributed by atoms with van der Waals surface area (Å²) in [4.78, 5) is 22.9. The highest BCUT2D eigenvalue weighted by Crippen LogP contribution is 2.26. The molecule has 1 aromatic carbocycles. The number of nitrogens with zero attached hydrogens (tertiary/aromatic N) is 6. The summed E-state index contributed by atoms with van der Waals surface area (Å²) in [5, 5.41) is 14.4. The van der Waals surface area contributed by atoms with E-state index in [-0.39, 0.29) is 17.9 Å². The van der Waals surface area contributed by atoms with Gasteiger partial charge in [-0.2, -0.15) is 10.4 Å². The maximum absolute atomic E-state index is 13.7. The Morgan fingerprint density at radius 3 is 2.52 bits per heavy atom. The van der Waals surface area contributed by atoms with Gasteiger partial charge in [-0.1, -0.05) is 26.0 Å². The van der Waals surface area contributed by atoms with Gasteiger partial charge in [-0.3, -0.25) is 9.69 Å². The summed E-state index contributed by atoms with van der Waals surface area (Å²) in [7, 11) is 0. The molecule has 0 N–H and O–H groups in total. The van der Waals surface area contributed by atoms with E-state index < -0.39 is 0 Å². The van der Waals surface area contributed by atoms with E-state index in [0.29, 0.717) is 17.7 Å². The number of nitriles is 1. The van der Waals surface area contributed by atoms with Crippen LogP contribution in [0.2, 0.25) is 0 Å². The SMILES string of the molecule is CC(C)c1cc(C(=O)N2CCCN(Cc3ccc(C#N)cc3)CC2)c2cnn(C(C)C)c2n1. The fourth-order valence-electron chi connectivity index (χ4n) is 4.33. The third kappa shape index (κ3) is 4.91. The minimum Gasteiger partial charge on any atom is -0.337 e. The number of aromatic nitrogens is 3. The molecule has 7 nitrogen and oxygen atoms in total. The van der Waals surface area contributed by atoms with Gasteiger partial charge >= 0.3 is 0 Å². The third-order valence-corrected chi connectivity index (χ3v) is 6.26. The molecule has 172 valence electrons. The largest absolute Gasteiger partial charge is 0.337 e. The molecule has 2 aromatic heterocycles. The highest BCUT2D eigenvalue weighted by molar-refractivity contribution is 6.05. The fourth-order valence-corrected chi connectivity index (χ4v) is 4.33. The molecule has 3 aromatic rings. The van der Waals surface area contributed by atoms with Gasteiger partial charge in [-0.15, -0.1) is 0 Å². The molecule has 1 aliphatic heterocycles. The maximum atomic E-state index is 13.7. The van der Waals surface area contributed by atoms with Gasteiger partial charge in [0.1, 0.15) is 0 Å². The van der Waals surface area contributed by atoms with Crippen molar-refractivity contribution < 1.29 is 4.79 Å². The molecule has 0 aliphatic carbocycles. The fraction of sp³-hybridized carbons (Fsp3) is 0.462. The molecule has 0 saturated carbocycles. The predicted octanol–water partition coefficient (Wildman–Crippen LogP) is 4.36. The molecule has 0 bridgehead atoms. The third-order valence-electron chi connectivity index (χ3n) is 6.26. The van der Waals surface area contributed by atoms with Crippen molar-refractivity contribution in [1.29, 1.82) is 5.26 Å². The first-order valence-electron chi connectivity index (χ1n) is 11.8. The van der Waals surface area contributed by atoms with E-state index in [1.165, 1.54) is 5.56 Å². The van der Waals surface area contributed by atoms with Gasteiger partial charge in [-0.25, -0.2) is 9.67 Å². The summed E-state index contributed by atoms with van der Waals surface area (Å²) >= 11 is 0. The molecule has 0 unspecified atom stereocenters. The summed E-state index contributed by atoms with van der Waals surface area (Å²) < 4.78 is 1.90. The zero-order chi connectivity index (χ0) is 23.5. The molecule has 0 radical (unpaired) electrons. The van der Waals surface area contributed by atoms with Crippen LogP contribution in [0.3, 0.4) is 0 Å². The quantitative estimate of drug-likeness (QED) is 0.584. The van der Waals surface area contributed by atoms with E-state index in [1.807, 2.05) is 39.9 Å². The maximum Gasteiger partial charge on any atom is 0.254 e. The van der Waals surface area contributed by atoms with Crippen molar-refractivity contribution >= 4 is 16.9 Å². The van der Waals surface area contributed by atoms with Gasteiger partial charge in [0.15, 0.2) is 5.65 Å². The van der Waals surface area contributed by atoms with Crippen molar-refractivity contribution in [2.45, 2.75) is 52.6 Å². The Morgan fingerprint density at radius 1 is 1.09 bits per heavy atom. The van der Waals surface area contributed by atoms with Crippen LogP contribution in [0.5, 0.6) is 0 Å². The number of hydrogen-bond donors (Lipinski definition) is 0. The molecule has 33 heavy (non-hydrogen) atoms. The van der Waals surface area contributed by atoms with Crippen LogP contribution < -0.4 is 0 Å². The molecule has 1 amide bonds. The Kier molecular flexibility index (Phi) is 6.75. The number of hydrogen-bond acceptors (Lipinski definition) is 5. The van der Waals surface area contributed by atoms with Crippen molar-refractivity contribution in [1.82, 2.24) is 24.6 Å². The molecule has 0 spiro atoms. The summed E-state index contributed by atoms with van der Waals surface area (Å²) in [5.74, 6) is 0.288. The molecule has 0 atom stereocenters. The lowest BCUT2D eigenvalue weighted by atomic mass is 10.0. The second kappa shape index (κ2) is 9.72. The van der Waals surface area contributed by atoms with Crippen LogP contribution in [-0.2, 0) is 6.54 Å². The minimum absolute atomic E-state index is 0.0628. The van der Waals surface area contributed by atoms with Gasteiger partial charge in [0.2, 0.25) is 0 Å². The predicted molar refractivity (Wildman–Crippen MR) is 129 cm³/mol. The van der Waals surface area contributed by atoms with Crippen molar-refractivity contribution in [3.8, 4) is 6.07 Å². The standard InChI is InChI=1S/C26H32N6O/c1-18(2)24-14-22(23-16-28-32(19(3)4)25(23)29-24)26(33)31-11-5-10-30(12-13-31)17-21-8-6-20(15-27)7-9-21/h6-9,14,16,18-19H,5,10-13,17H2,1-4H3. The van der Waals surface area contributed by atoms with Gasteiger partial charge in [0.05, 0.1) is 28.8 Å². The second-order valence-corrected chi connectivity index (χ2v) is 9.40. The van der Waals surface area contributed by atoms with Crippen LogP contribution in [-0.4, -0.2) is 56.7 Å². The Morgan fingerprint density at radius 2 is 1.85 bits per heavy atom. The first-order chi connectivity index (χ1) is 15.9. The van der Waals surface area contributed by atoms with E-state index >= 15 is 0 Å². The number of amides is 1. The molecule has 1 aliphatic rings. The van der Waals surface area contributed by atoms with Crippen LogP contribution in [0, 0.1) is 11.3 Å². The Labute approximate surface area is 195 Å². The molecule has 1 saturated heterocycles. The zero-order valence-electron chi connectivity index (χ0n) is 20.0. The minimum atomic E-state index is 0.0628. The van der Waals surface area contributed by atoms with E-state index in [1.54, 1.807) is 6.20 Å². The van der Waals surface area contributed by atoms with Gasteiger partial charge < -0.3 is 4.90 Å². The van der Waals surface area contributed by atoms with Crippen LogP contribution in [0.15, 0.2) is 36.5 Å². The van der Waals surface area contributed by atoms with Gasteiger partial charge in [0, 0.05) is 44.5 Å². The summed E-state index contributed by atoms with van der Waals surface area (Å²) in [5.41, 5.74) is 4.28. The highest BCUT2D eigenvalue weighted by Gasteiger charge is 2.25. The second-order valence-electron chi connectivity index (χ2n) is 9.40. The normalized spacial score (nSPS) is 15.2. The smallest absolute Gasteiger partial charge is 0.254 e. The van der Waals surface area contributed by atoms with Crippen molar-refractivity contribution in [3.05, 3.63) is 58.9 Å². The molecule has 3 heterocycles. The lowest BCUT2D eigenvalue weighted by Gasteiger charge is -2.23. The number of pyridine rings is 1. The van der Waals surface area contributed by atoms with E-state index in [2.05, 4.69) is 43.8 Å². The Hall–Kier alpha value is -3.24. The van der Waals surface area contributed by atoms with Crippen LogP contribution >= 0.6 is 0 Å². The molecule has 4 rings (SSSR count). The highest BCUT2D eigenvalue weighted by atomic mass is 16.2. The average Bonchev–Trinajstić information content (AvgIpc) is 3.11. The van der Waals surface area contributed by atoms with Gasteiger partial charge in [-0.05, 0) is 49.9 Å². The molecule has 7 heteroatoms. The number of carbonyl (C=O) groups excluding carboxylic acids is 1. The monoisotopic (exact) mass is 444 g/mol. The Bertz CT molecular complexity index is 1170. The lowest BCUT2D eigenvalue weighted by Crippen LogP contribution is -2.35. The Balaban J connectivity index is 1.54. The van der Waals surface area contributed by atoms with Gasteiger partial charge in [0.25, 0.3) is 5.91 Å². The zero-order valence-corrected chi connectivity index (χ0v) is 20.0. The summed E-state index contributed by atoms with van der Waals surface area (Å²) in [6.07, 6.45) is 2.72. The van der Waals surface area contributed by atoms with E-state index in [9.17, 15) is 4.79 Å². The first-order valence-corrected chi connectivity index (χ1v) is 11.8.